The summed E-state index contributed by atoms with van der Waals surface area (Å²) in [6.07, 6.45) is 2.64. The van der Waals surface area contributed by atoms with Crippen LogP contribution in [0.3, 0.4) is 0 Å². The number of rotatable bonds is 4. The lowest BCUT2D eigenvalue weighted by Crippen LogP contribution is -2.53. The van der Waals surface area contributed by atoms with E-state index in [0.717, 1.165) is 0 Å². The van der Waals surface area contributed by atoms with Gasteiger partial charge in [0.1, 0.15) is 11.2 Å². The summed E-state index contributed by atoms with van der Waals surface area (Å²) in [5, 5.41) is 7.52. The zero-order chi connectivity index (χ0) is 19.5. The van der Waals surface area contributed by atoms with Crippen LogP contribution in [0, 0.1) is 0 Å². The number of anilines is 1. The number of carbonyl (C=O) groups excluding carboxylic acids is 2. The van der Waals surface area contributed by atoms with Crippen molar-refractivity contribution >= 4 is 17.9 Å². The molecule has 1 amide bonds. The van der Waals surface area contributed by atoms with Gasteiger partial charge in [0.05, 0.1) is 12.6 Å². The average molecular weight is 367 g/mol. The molecule has 1 aliphatic heterocycles. The third-order valence-corrected chi connectivity index (χ3v) is 4.49. The zero-order valence-corrected chi connectivity index (χ0v) is 16.2. The number of piperidine rings is 1. The highest BCUT2D eigenvalue weighted by molar-refractivity contribution is 5.93. The lowest BCUT2D eigenvalue weighted by Gasteiger charge is -2.42. The van der Waals surface area contributed by atoms with E-state index >= 15 is 0 Å². The minimum Gasteiger partial charge on any atom is -0.465 e. The minimum atomic E-state index is -0.525. The summed E-state index contributed by atoms with van der Waals surface area (Å²) >= 11 is 0. The van der Waals surface area contributed by atoms with Crippen molar-refractivity contribution in [1.82, 2.24) is 20.0 Å². The van der Waals surface area contributed by atoms with E-state index in [0.29, 0.717) is 32.5 Å². The number of esters is 1. The third-order valence-electron chi connectivity index (χ3n) is 4.49. The molecule has 0 aromatic carbocycles. The fourth-order valence-electron chi connectivity index (χ4n) is 3.15. The van der Waals surface area contributed by atoms with Gasteiger partial charge in [-0.05, 0) is 40.7 Å². The van der Waals surface area contributed by atoms with Crippen molar-refractivity contribution in [2.24, 2.45) is 0 Å². The van der Waals surface area contributed by atoms with Gasteiger partial charge in [0, 0.05) is 25.8 Å². The lowest BCUT2D eigenvalue weighted by atomic mass is 9.87. The number of aromatic nitrogens is 2. The number of methoxy groups -OCH3 is 1. The maximum atomic E-state index is 12.3. The number of nitrogen functional groups attached to an aromatic ring is 1. The Balaban J connectivity index is 2.18. The highest BCUT2D eigenvalue weighted by Crippen LogP contribution is 2.31. The normalized spacial score (nSPS) is 17.0. The molecule has 0 unspecified atom stereocenters. The number of hydrogen-bond acceptors (Lipinski definition) is 7. The van der Waals surface area contributed by atoms with E-state index in [2.05, 4.69) is 10.4 Å². The average Bonchev–Trinajstić information content (AvgIpc) is 2.96. The second kappa shape index (κ2) is 7.53. The number of likely N-dealkylation sites (N-methyl/N-ethyl adjacent to an activating group) is 1. The monoisotopic (exact) mass is 367 g/mol. The van der Waals surface area contributed by atoms with E-state index in [9.17, 15) is 9.59 Å². The number of carbonyl (C=O) groups is 2. The smallest absolute Gasteiger partial charge is 0.410 e. The van der Waals surface area contributed by atoms with Gasteiger partial charge < -0.3 is 25.4 Å². The maximum absolute atomic E-state index is 12.3. The highest BCUT2D eigenvalue weighted by atomic mass is 16.6. The van der Waals surface area contributed by atoms with E-state index in [1.807, 2.05) is 27.8 Å². The Labute approximate surface area is 153 Å². The summed E-state index contributed by atoms with van der Waals surface area (Å²) in [6.45, 7) is 7.24. The lowest BCUT2D eigenvalue weighted by molar-refractivity contribution is 0.0103. The molecular formula is C17H29N5O4. The second-order valence-corrected chi connectivity index (χ2v) is 7.59. The van der Waals surface area contributed by atoms with Gasteiger partial charge in [0.15, 0.2) is 5.82 Å². The van der Waals surface area contributed by atoms with E-state index < -0.39 is 11.6 Å². The number of ether oxygens (including phenoxy) is 2. The summed E-state index contributed by atoms with van der Waals surface area (Å²) in [7, 11) is 3.16. The molecule has 1 fully saturated rings. The molecule has 146 valence electrons. The van der Waals surface area contributed by atoms with Gasteiger partial charge >= 0.3 is 12.1 Å². The van der Waals surface area contributed by atoms with E-state index in [1.54, 1.807) is 15.8 Å². The molecule has 1 aromatic heterocycles. The van der Waals surface area contributed by atoms with Crippen molar-refractivity contribution < 1.29 is 19.1 Å². The first-order valence-electron chi connectivity index (χ1n) is 8.68. The Morgan fingerprint density at radius 3 is 2.46 bits per heavy atom. The van der Waals surface area contributed by atoms with Crippen LogP contribution in [0.4, 0.5) is 10.6 Å². The Morgan fingerprint density at radius 2 is 1.96 bits per heavy atom. The van der Waals surface area contributed by atoms with Crippen molar-refractivity contribution in [3.63, 3.8) is 0 Å². The molecule has 0 spiro atoms. The summed E-state index contributed by atoms with van der Waals surface area (Å²) in [6, 6.07) is 0. The molecule has 3 N–H and O–H groups in total. The molecule has 0 saturated carbocycles. The van der Waals surface area contributed by atoms with Crippen molar-refractivity contribution in [2.75, 3.05) is 39.5 Å². The Kier molecular flexibility index (Phi) is 5.80. The molecule has 0 aliphatic carbocycles. The molecule has 9 heteroatoms. The molecule has 1 aromatic rings. The van der Waals surface area contributed by atoms with E-state index in [1.165, 1.54) is 7.11 Å². The van der Waals surface area contributed by atoms with Crippen LogP contribution in [0.2, 0.25) is 0 Å². The molecule has 1 aliphatic rings. The second-order valence-electron chi connectivity index (χ2n) is 7.59. The number of nitrogens with zero attached hydrogens (tertiary/aromatic N) is 3. The Bertz CT molecular complexity index is 657. The van der Waals surface area contributed by atoms with Gasteiger partial charge in [-0.1, -0.05) is 0 Å². The van der Waals surface area contributed by atoms with Gasteiger partial charge in [-0.2, -0.15) is 5.10 Å². The molecule has 9 nitrogen and oxygen atoms in total. The number of amides is 1. The van der Waals surface area contributed by atoms with Gasteiger partial charge in [0.2, 0.25) is 0 Å². The fourth-order valence-corrected chi connectivity index (χ4v) is 3.15. The summed E-state index contributed by atoms with van der Waals surface area (Å²) < 4.78 is 11.9. The van der Waals surface area contributed by atoms with Crippen LogP contribution < -0.4 is 11.1 Å². The topological polar surface area (TPSA) is 112 Å². The van der Waals surface area contributed by atoms with Crippen LogP contribution in [0.1, 0.15) is 44.0 Å². The minimum absolute atomic E-state index is 0.141. The van der Waals surface area contributed by atoms with Gasteiger partial charge in [-0.25, -0.2) is 9.59 Å². The van der Waals surface area contributed by atoms with Gasteiger partial charge in [0.25, 0.3) is 0 Å². The van der Waals surface area contributed by atoms with Crippen LogP contribution in [0.25, 0.3) is 0 Å². The Hall–Kier alpha value is -2.29. The van der Waals surface area contributed by atoms with Gasteiger partial charge in [-0.15, -0.1) is 0 Å². The maximum Gasteiger partial charge on any atom is 0.410 e. The first-order chi connectivity index (χ1) is 12.1. The van der Waals surface area contributed by atoms with Crippen molar-refractivity contribution in [3.05, 3.63) is 11.8 Å². The molecule has 2 rings (SSSR count). The molecule has 1 saturated heterocycles. The van der Waals surface area contributed by atoms with Crippen molar-refractivity contribution in [2.45, 2.75) is 44.8 Å². The predicted octanol–water partition coefficient (Wildman–Crippen LogP) is 1.20. The van der Waals surface area contributed by atoms with Crippen LogP contribution in [0.15, 0.2) is 6.20 Å². The zero-order valence-electron chi connectivity index (χ0n) is 16.2. The van der Waals surface area contributed by atoms with Crippen molar-refractivity contribution in [3.8, 4) is 0 Å². The first kappa shape index (κ1) is 20.0. The summed E-state index contributed by atoms with van der Waals surface area (Å²) in [5.74, 6) is -0.374. The fraction of sp³-hybridized carbons (Fsp3) is 0.706. The van der Waals surface area contributed by atoms with Crippen LogP contribution >= 0.6 is 0 Å². The SMILES string of the molecule is CNCC1(n2cc(C(=O)OC)c(N)n2)CCN(C(=O)OC(C)(C)C)CC1. The van der Waals surface area contributed by atoms with Gasteiger partial charge in [-0.3, -0.25) is 4.68 Å². The van der Waals surface area contributed by atoms with Crippen LogP contribution in [0.5, 0.6) is 0 Å². The van der Waals surface area contributed by atoms with E-state index in [4.69, 9.17) is 15.2 Å². The van der Waals surface area contributed by atoms with Crippen LogP contribution in [-0.2, 0) is 15.0 Å². The molecular weight excluding hydrogens is 338 g/mol. The summed E-state index contributed by atoms with van der Waals surface area (Å²) in [5.41, 5.74) is 5.23. The molecule has 0 atom stereocenters. The molecule has 0 bridgehead atoms. The predicted molar refractivity (Wildman–Crippen MR) is 96.9 cm³/mol. The highest BCUT2D eigenvalue weighted by Gasteiger charge is 2.39. The largest absolute Gasteiger partial charge is 0.465 e. The third kappa shape index (κ3) is 4.27. The molecule has 26 heavy (non-hydrogen) atoms. The first-order valence-corrected chi connectivity index (χ1v) is 8.68. The quantitative estimate of drug-likeness (QED) is 0.769. The summed E-state index contributed by atoms with van der Waals surface area (Å²) in [4.78, 5) is 25.8. The number of hydrogen-bond donors (Lipinski definition) is 2. The van der Waals surface area contributed by atoms with Crippen LogP contribution in [-0.4, -0.2) is 66.1 Å². The number of likely N-dealkylation sites (tertiary alicyclic amines) is 1. The molecule has 2 heterocycles. The number of nitrogens with two attached hydrogens (primary N) is 1. The molecule has 0 radical (unpaired) electrons. The Morgan fingerprint density at radius 1 is 1.35 bits per heavy atom. The van der Waals surface area contributed by atoms with Crippen molar-refractivity contribution in [1.29, 1.82) is 0 Å². The standard InChI is InChI=1S/C17H29N5O4/c1-16(2,3)26-15(24)21-8-6-17(7-9-21,11-19-4)22-10-12(13(18)20-22)14(23)25-5/h10,19H,6-9,11H2,1-5H3,(H2,18,20). The van der Waals surface area contributed by atoms with E-state index in [-0.39, 0.29) is 23.0 Å². The number of nitrogens with one attached hydrogen (secondary N) is 1.